The molecule has 6 nitrogen and oxygen atoms in total. The van der Waals surface area contributed by atoms with E-state index >= 15 is 0 Å². The van der Waals surface area contributed by atoms with Crippen molar-refractivity contribution in [3.05, 3.63) is 82.7 Å². The van der Waals surface area contributed by atoms with Crippen molar-refractivity contribution in [1.29, 1.82) is 0 Å². The van der Waals surface area contributed by atoms with Crippen molar-refractivity contribution in [3.63, 3.8) is 0 Å². The molecule has 0 bridgehead atoms. The summed E-state index contributed by atoms with van der Waals surface area (Å²) in [6.07, 6.45) is 8.31. The number of nitrogens with zero attached hydrogens (tertiary/aromatic N) is 4. The number of amides is 1. The Kier molecular flexibility index (Phi) is 4.75. The minimum Gasteiger partial charge on any atom is -0.345 e. The van der Waals surface area contributed by atoms with Crippen LogP contribution in [-0.4, -0.2) is 25.3 Å². The molecule has 4 aromatic rings. The van der Waals surface area contributed by atoms with Crippen molar-refractivity contribution >= 4 is 34.6 Å². The molecule has 0 aliphatic heterocycles. The molecule has 0 spiro atoms. The first-order valence-electron chi connectivity index (χ1n) is 8.08. The third kappa shape index (κ3) is 3.49. The molecule has 0 saturated carbocycles. The summed E-state index contributed by atoms with van der Waals surface area (Å²) in [7, 11) is 0. The van der Waals surface area contributed by atoms with Gasteiger partial charge in [-0.25, -0.2) is 4.98 Å². The van der Waals surface area contributed by atoms with Gasteiger partial charge in [0, 0.05) is 41.9 Å². The maximum absolute atomic E-state index is 12.7. The summed E-state index contributed by atoms with van der Waals surface area (Å²) in [4.78, 5) is 25.4. The van der Waals surface area contributed by atoms with Gasteiger partial charge in [0.2, 0.25) is 5.82 Å². The van der Waals surface area contributed by atoms with Crippen molar-refractivity contribution in [1.82, 2.24) is 24.7 Å². The van der Waals surface area contributed by atoms with Crippen LogP contribution in [0, 0.1) is 0 Å². The largest absolute Gasteiger partial charge is 0.345 e. The Labute approximate surface area is 164 Å². The van der Waals surface area contributed by atoms with E-state index in [9.17, 15) is 4.79 Å². The SMILES string of the molecule is O=C(NCc1cccnc1)c1nc(-c2ccc(Cl)cc2Cl)c2cnccn12. The highest BCUT2D eigenvalue weighted by Gasteiger charge is 2.20. The van der Waals surface area contributed by atoms with Gasteiger partial charge in [-0.15, -0.1) is 0 Å². The predicted molar refractivity (Wildman–Crippen MR) is 104 cm³/mol. The Balaban J connectivity index is 1.72. The van der Waals surface area contributed by atoms with E-state index in [1.165, 1.54) is 0 Å². The highest BCUT2D eigenvalue weighted by atomic mass is 35.5. The molecule has 4 rings (SSSR count). The highest BCUT2D eigenvalue weighted by Crippen LogP contribution is 2.32. The molecule has 0 radical (unpaired) electrons. The van der Waals surface area contributed by atoms with Gasteiger partial charge in [-0.05, 0) is 29.8 Å². The summed E-state index contributed by atoms with van der Waals surface area (Å²) >= 11 is 12.3. The number of carbonyl (C=O) groups is 1. The molecule has 3 aromatic heterocycles. The maximum atomic E-state index is 12.7. The first kappa shape index (κ1) is 17.5. The Morgan fingerprint density at radius 3 is 2.74 bits per heavy atom. The zero-order valence-corrected chi connectivity index (χ0v) is 15.4. The molecular formula is C19H13Cl2N5O. The molecule has 0 atom stereocenters. The molecule has 1 N–H and O–H groups in total. The van der Waals surface area contributed by atoms with E-state index in [2.05, 4.69) is 20.3 Å². The topological polar surface area (TPSA) is 72.2 Å². The number of hydrogen-bond acceptors (Lipinski definition) is 4. The van der Waals surface area contributed by atoms with Gasteiger partial charge in [0.05, 0.1) is 16.7 Å². The van der Waals surface area contributed by atoms with Gasteiger partial charge in [-0.3, -0.25) is 19.2 Å². The summed E-state index contributed by atoms with van der Waals surface area (Å²) in [6.45, 7) is 0.351. The van der Waals surface area contributed by atoms with Crippen molar-refractivity contribution in [2.24, 2.45) is 0 Å². The minimum atomic E-state index is -0.309. The summed E-state index contributed by atoms with van der Waals surface area (Å²) in [6, 6.07) is 8.85. The van der Waals surface area contributed by atoms with Crippen LogP contribution in [-0.2, 0) is 6.54 Å². The van der Waals surface area contributed by atoms with Gasteiger partial charge < -0.3 is 5.32 Å². The van der Waals surface area contributed by atoms with E-state index < -0.39 is 0 Å². The summed E-state index contributed by atoms with van der Waals surface area (Å²) in [5.41, 5.74) is 2.82. The van der Waals surface area contributed by atoms with Crippen LogP contribution < -0.4 is 5.32 Å². The Bertz CT molecular complexity index is 1130. The predicted octanol–water partition coefficient (Wildman–Crippen LogP) is 4.03. The van der Waals surface area contributed by atoms with Crippen molar-refractivity contribution in [2.75, 3.05) is 0 Å². The number of pyridine rings is 1. The average molecular weight is 398 g/mol. The average Bonchev–Trinajstić information content (AvgIpc) is 3.07. The zero-order valence-electron chi connectivity index (χ0n) is 13.9. The van der Waals surface area contributed by atoms with Crippen molar-refractivity contribution in [3.8, 4) is 11.3 Å². The number of benzene rings is 1. The third-order valence-corrected chi connectivity index (χ3v) is 4.56. The van der Waals surface area contributed by atoms with E-state index in [0.29, 0.717) is 33.4 Å². The van der Waals surface area contributed by atoms with Gasteiger partial charge in [0.1, 0.15) is 5.69 Å². The van der Waals surface area contributed by atoms with E-state index in [-0.39, 0.29) is 11.7 Å². The van der Waals surface area contributed by atoms with Crippen LogP contribution >= 0.6 is 23.2 Å². The number of rotatable bonds is 4. The fourth-order valence-corrected chi connectivity index (χ4v) is 3.24. The van der Waals surface area contributed by atoms with Crippen LogP contribution in [0.1, 0.15) is 16.2 Å². The fraction of sp³-hybridized carbons (Fsp3) is 0.0526. The molecule has 134 valence electrons. The smallest absolute Gasteiger partial charge is 0.287 e. The first-order chi connectivity index (χ1) is 13.1. The Morgan fingerprint density at radius 2 is 1.96 bits per heavy atom. The van der Waals surface area contributed by atoms with Crippen LogP contribution in [0.2, 0.25) is 10.0 Å². The number of fused-ring (bicyclic) bond motifs is 1. The maximum Gasteiger partial charge on any atom is 0.287 e. The normalized spacial score (nSPS) is 10.9. The molecule has 1 aromatic carbocycles. The molecular weight excluding hydrogens is 385 g/mol. The number of hydrogen-bond donors (Lipinski definition) is 1. The van der Waals surface area contributed by atoms with Crippen LogP contribution in [0.4, 0.5) is 0 Å². The first-order valence-corrected chi connectivity index (χ1v) is 8.83. The highest BCUT2D eigenvalue weighted by molar-refractivity contribution is 6.36. The zero-order chi connectivity index (χ0) is 18.8. The lowest BCUT2D eigenvalue weighted by Gasteiger charge is -2.04. The fourth-order valence-electron chi connectivity index (χ4n) is 2.74. The standard InChI is InChI=1S/C19H13Cl2N5O/c20-13-3-4-14(15(21)8-13)17-16-11-23-6-7-26(16)18(25-17)19(27)24-10-12-2-1-5-22-9-12/h1-9,11H,10H2,(H,24,27). The lowest BCUT2D eigenvalue weighted by Crippen LogP contribution is -2.25. The minimum absolute atomic E-state index is 0.248. The van der Waals surface area contributed by atoms with E-state index in [0.717, 1.165) is 5.56 Å². The quantitative estimate of drug-likeness (QED) is 0.564. The second-order valence-corrected chi connectivity index (χ2v) is 6.63. The lowest BCUT2D eigenvalue weighted by atomic mass is 10.1. The molecule has 0 aliphatic carbocycles. The van der Waals surface area contributed by atoms with Gasteiger partial charge in [0.25, 0.3) is 5.91 Å². The molecule has 27 heavy (non-hydrogen) atoms. The summed E-state index contributed by atoms with van der Waals surface area (Å²) < 4.78 is 1.69. The number of nitrogens with one attached hydrogen (secondary N) is 1. The Hall–Kier alpha value is -2.96. The van der Waals surface area contributed by atoms with Gasteiger partial charge in [-0.1, -0.05) is 29.3 Å². The molecule has 0 fully saturated rings. The van der Waals surface area contributed by atoms with Crippen molar-refractivity contribution < 1.29 is 4.79 Å². The number of carbonyl (C=O) groups excluding carboxylic acids is 1. The van der Waals surface area contributed by atoms with Crippen molar-refractivity contribution in [2.45, 2.75) is 6.54 Å². The summed E-state index contributed by atoms with van der Waals surface area (Å²) in [5.74, 6) is -0.0614. The van der Waals surface area contributed by atoms with Gasteiger partial charge in [0.15, 0.2) is 0 Å². The number of imidazole rings is 1. The molecule has 0 saturated heterocycles. The van der Waals surface area contributed by atoms with Gasteiger partial charge in [-0.2, -0.15) is 0 Å². The van der Waals surface area contributed by atoms with E-state index in [1.54, 1.807) is 53.6 Å². The Morgan fingerprint density at radius 1 is 1.11 bits per heavy atom. The summed E-state index contributed by atoms with van der Waals surface area (Å²) in [5, 5.41) is 3.84. The third-order valence-electron chi connectivity index (χ3n) is 4.01. The van der Waals surface area contributed by atoms with E-state index in [1.807, 2.05) is 12.1 Å². The molecule has 0 unspecified atom stereocenters. The second-order valence-electron chi connectivity index (χ2n) is 5.78. The molecule has 3 heterocycles. The van der Waals surface area contributed by atoms with E-state index in [4.69, 9.17) is 23.2 Å². The lowest BCUT2D eigenvalue weighted by molar-refractivity contribution is 0.0940. The van der Waals surface area contributed by atoms with Crippen LogP contribution in [0.25, 0.3) is 16.8 Å². The number of aromatic nitrogens is 4. The van der Waals surface area contributed by atoms with Crippen LogP contribution in [0.15, 0.2) is 61.3 Å². The van der Waals surface area contributed by atoms with Gasteiger partial charge >= 0.3 is 0 Å². The van der Waals surface area contributed by atoms with Crippen LogP contribution in [0.5, 0.6) is 0 Å². The molecule has 0 aliphatic rings. The molecule has 8 heteroatoms. The van der Waals surface area contributed by atoms with Crippen LogP contribution in [0.3, 0.4) is 0 Å². The monoisotopic (exact) mass is 397 g/mol. The molecule has 1 amide bonds. The number of halogens is 2. The second kappa shape index (κ2) is 7.34.